The highest BCUT2D eigenvalue weighted by atomic mass is 16.5. The van der Waals surface area contributed by atoms with Crippen LogP contribution in [0.3, 0.4) is 0 Å². The zero-order valence-corrected chi connectivity index (χ0v) is 15.2. The van der Waals surface area contributed by atoms with Gasteiger partial charge in [-0.1, -0.05) is 6.07 Å². The smallest absolute Gasteiger partial charge is 0.255 e. The molecule has 2 aromatic carbocycles. The molecule has 0 radical (unpaired) electrons. The van der Waals surface area contributed by atoms with Crippen molar-refractivity contribution in [3.63, 3.8) is 0 Å². The molecule has 3 heterocycles. The number of Topliss-reactive ketones (excluding diaryl/α,β-unsaturated/α-hetero) is 1. The summed E-state index contributed by atoms with van der Waals surface area (Å²) in [6.45, 7) is 2.71. The van der Waals surface area contributed by atoms with Crippen molar-refractivity contribution >= 4 is 17.4 Å². The van der Waals surface area contributed by atoms with Crippen LogP contribution in [0.15, 0.2) is 36.4 Å². The molecule has 2 aromatic rings. The van der Waals surface area contributed by atoms with Gasteiger partial charge in [-0.05, 0) is 67.3 Å². The number of carbonyl (C=O) groups is 2. The molecule has 0 saturated carbocycles. The first-order valence-electron chi connectivity index (χ1n) is 9.67. The van der Waals surface area contributed by atoms with Gasteiger partial charge in [0.05, 0.1) is 12.2 Å². The highest BCUT2D eigenvalue weighted by molar-refractivity contribution is 6.07. The predicted molar refractivity (Wildman–Crippen MR) is 103 cm³/mol. The van der Waals surface area contributed by atoms with Crippen LogP contribution in [0, 0.1) is 0 Å². The van der Waals surface area contributed by atoms with Crippen LogP contribution in [-0.4, -0.2) is 36.3 Å². The molecule has 1 unspecified atom stereocenters. The maximum absolute atomic E-state index is 12.7. The number of hydrogen-bond donors (Lipinski definition) is 1. The molecule has 0 spiro atoms. The van der Waals surface area contributed by atoms with Crippen LogP contribution in [0.5, 0.6) is 5.75 Å². The van der Waals surface area contributed by atoms with E-state index in [1.54, 1.807) is 18.2 Å². The van der Waals surface area contributed by atoms with Crippen LogP contribution in [-0.2, 0) is 6.42 Å². The maximum Gasteiger partial charge on any atom is 0.255 e. The van der Waals surface area contributed by atoms with Crippen molar-refractivity contribution in [2.24, 2.45) is 0 Å². The molecule has 138 valence electrons. The van der Waals surface area contributed by atoms with Crippen molar-refractivity contribution in [3.05, 3.63) is 58.7 Å². The summed E-state index contributed by atoms with van der Waals surface area (Å²) < 4.78 is 5.49. The molecule has 1 amide bonds. The third-order valence-electron chi connectivity index (χ3n) is 5.92. The number of ketones is 1. The van der Waals surface area contributed by atoms with Gasteiger partial charge in [-0.2, -0.15) is 0 Å². The van der Waals surface area contributed by atoms with Crippen molar-refractivity contribution in [2.75, 3.05) is 25.0 Å². The van der Waals surface area contributed by atoms with E-state index in [1.807, 2.05) is 6.07 Å². The minimum absolute atomic E-state index is 0.0287. The van der Waals surface area contributed by atoms with Crippen molar-refractivity contribution in [3.8, 4) is 5.75 Å². The van der Waals surface area contributed by atoms with Gasteiger partial charge < -0.3 is 10.1 Å². The Morgan fingerprint density at radius 2 is 2.04 bits per heavy atom. The van der Waals surface area contributed by atoms with Crippen molar-refractivity contribution < 1.29 is 14.3 Å². The Hall–Kier alpha value is -2.66. The monoisotopic (exact) mass is 362 g/mol. The number of fused-ring (bicyclic) bond motifs is 4. The van der Waals surface area contributed by atoms with E-state index in [2.05, 4.69) is 22.3 Å². The van der Waals surface area contributed by atoms with Gasteiger partial charge >= 0.3 is 0 Å². The van der Waals surface area contributed by atoms with Gasteiger partial charge in [0.2, 0.25) is 0 Å². The van der Waals surface area contributed by atoms with Gasteiger partial charge in [0, 0.05) is 30.3 Å². The Kier molecular flexibility index (Phi) is 3.97. The van der Waals surface area contributed by atoms with E-state index in [-0.39, 0.29) is 11.7 Å². The number of anilines is 1. The number of benzene rings is 2. The predicted octanol–water partition coefficient (Wildman–Crippen LogP) is 3.60. The molecule has 1 N–H and O–H groups in total. The summed E-state index contributed by atoms with van der Waals surface area (Å²) in [6, 6.07) is 11.8. The molecule has 3 aliphatic heterocycles. The van der Waals surface area contributed by atoms with Gasteiger partial charge in [-0.15, -0.1) is 0 Å². The van der Waals surface area contributed by atoms with Crippen LogP contribution in [0.25, 0.3) is 0 Å². The zero-order chi connectivity index (χ0) is 18.4. The molecule has 5 heteroatoms. The first-order valence-corrected chi connectivity index (χ1v) is 9.67. The molecule has 27 heavy (non-hydrogen) atoms. The molecule has 5 nitrogen and oxygen atoms in total. The number of rotatable bonds is 2. The highest BCUT2D eigenvalue weighted by Crippen LogP contribution is 2.38. The van der Waals surface area contributed by atoms with Crippen LogP contribution in [0.2, 0.25) is 0 Å². The van der Waals surface area contributed by atoms with Crippen LogP contribution in [0.1, 0.15) is 57.1 Å². The van der Waals surface area contributed by atoms with Gasteiger partial charge in [0.15, 0.2) is 5.78 Å². The first kappa shape index (κ1) is 16.5. The Morgan fingerprint density at radius 3 is 2.96 bits per heavy atom. The van der Waals surface area contributed by atoms with E-state index in [0.717, 1.165) is 18.7 Å². The third kappa shape index (κ3) is 2.92. The average molecular weight is 362 g/mol. The molecular formula is C22H22N2O3. The van der Waals surface area contributed by atoms with Crippen molar-refractivity contribution in [1.82, 2.24) is 4.90 Å². The Labute approximate surface area is 158 Å². The lowest BCUT2D eigenvalue weighted by Crippen LogP contribution is -2.31. The topological polar surface area (TPSA) is 58.6 Å². The van der Waals surface area contributed by atoms with Crippen LogP contribution >= 0.6 is 0 Å². The number of nitrogens with zero attached hydrogens (tertiary/aromatic N) is 1. The minimum atomic E-state index is -0.199. The average Bonchev–Trinajstić information content (AvgIpc) is 3.17. The third-order valence-corrected chi connectivity index (χ3v) is 5.92. The number of amides is 1. The summed E-state index contributed by atoms with van der Waals surface area (Å²) in [6.07, 6.45) is 3.87. The molecule has 0 aromatic heterocycles. The Morgan fingerprint density at radius 1 is 1.11 bits per heavy atom. The maximum atomic E-state index is 12.7. The largest absolute Gasteiger partial charge is 0.492 e. The molecule has 1 fully saturated rings. The van der Waals surface area contributed by atoms with Crippen molar-refractivity contribution in [2.45, 2.75) is 31.7 Å². The van der Waals surface area contributed by atoms with Gasteiger partial charge in [-0.25, -0.2) is 0 Å². The quantitative estimate of drug-likeness (QED) is 0.887. The Bertz CT molecular complexity index is 937. The SMILES string of the molecule is O=C(Nc1ccc2c(c1)C1CCCN1CC2)c1ccc2c(c1)C(=O)CCO2. The fraction of sp³-hybridized carbons (Fsp3) is 0.364. The van der Waals surface area contributed by atoms with Gasteiger partial charge in [0.25, 0.3) is 5.91 Å². The molecule has 5 rings (SSSR count). The molecule has 3 aliphatic rings. The standard InChI is InChI=1S/C22H22N2O3/c25-20-8-11-27-21-6-4-15(12-18(20)21)22(26)23-16-5-3-14-7-10-24-9-1-2-19(24)17(14)13-16/h3-6,12-13,19H,1-2,7-11H2,(H,23,26). The lowest BCUT2D eigenvalue weighted by Gasteiger charge is -2.32. The second-order valence-corrected chi connectivity index (χ2v) is 7.54. The second-order valence-electron chi connectivity index (χ2n) is 7.54. The zero-order valence-electron chi connectivity index (χ0n) is 15.2. The van der Waals surface area contributed by atoms with Crippen LogP contribution in [0.4, 0.5) is 5.69 Å². The normalized spacial score (nSPS) is 21.0. The number of carbonyl (C=O) groups excluding carboxylic acids is 2. The number of nitrogens with one attached hydrogen (secondary N) is 1. The summed E-state index contributed by atoms with van der Waals surface area (Å²) in [7, 11) is 0. The van der Waals surface area contributed by atoms with E-state index in [9.17, 15) is 9.59 Å². The van der Waals surface area contributed by atoms with E-state index in [0.29, 0.717) is 35.9 Å². The molecule has 0 bridgehead atoms. The fourth-order valence-corrected chi connectivity index (χ4v) is 4.53. The fourth-order valence-electron chi connectivity index (χ4n) is 4.53. The van der Waals surface area contributed by atoms with E-state index < -0.39 is 0 Å². The molecule has 1 saturated heterocycles. The first-order chi connectivity index (χ1) is 13.2. The summed E-state index contributed by atoms with van der Waals surface area (Å²) in [5, 5.41) is 3.00. The van der Waals surface area contributed by atoms with Gasteiger partial charge in [-0.3, -0.25) is 14.5 Å². The second kappa shape index (κ2) is 6.50. The lowest BCUT2D eigenvalue weighted by atomic mass is 9.92. The minimum Gasteiger partial charge on any atom is -0.492 e. The number of ether oxygens (including phenoxy) is 1. The van der Waals surface area contributed by atoms with Gasteiger partial charge in [0.1, 0.15) is 5.75 Å². The molecular weight excluding hydrogens is 340 g/mol. The highest BCUT2D eigenvalue weighted by Gasteiger charge is 2.31. The summed E-state index contributed by atoms with van der Waals surface area (Å²) in [4.78, 5) is 27.3. The molecule has 1 atom stereocenters. The van der Waals surface area contributed by atoms with E-state index in [4.69, 9.17) is 4.74 Å². The van der Waals surface area contributed by atoms with Crippen molar-refractivity contribution in [1.29, 1.82) is 0 Å². The Balaban J connectivity index is 1.39. The van der Waals surface area contributed by atoms with E-state index >= 15 is 0 Å². The number of hydrogen-bond acceptors (Lipinski definition) is 4. The summed E-state index contributed by atoms with van der Waals surface area (Å²) in [5.41, 5.74) is 4.54. The lowest BCUT2D eigenvalue weighted by molar-refractivity contribution is 0.0933. The van der Waals surface area contributed by atoms with Crippen LogP contribution < -0.4 is 10.1 Å². The summed E-state index contributed by atoms with van der Waals surface area (Å²) >= 11 is 0. The van der Waals surface area contributed by atoms with E-state index in [1.165, 1.54) is 30.5 Å². The summed E-state index contributed by atoms with van der Waals surface area (Å²) in [5.74, 6) is 0.397. The molecule has 0 aliphatic carbocycles.